The van der Waals surface area contributed by atoms with Crippen molar-refractivity contribution in [2.24, 2.45) is 0 Å². The Hall–Kier alpha value is 0.992. The number of rotatable bonds is 0. The van der Waals surface area contributed by atoms with Crippen molar-refractivity contribution in [2.45, 2.75) is 0 Å². The molecule has 0 atom stereocenters. The fourth-order valence-electron chi connectivity index (χ4n) is 0. The fourth-order valence-corrected chi connectivity index (χ4v) is 0. The minimum absolute atomic E-state index is 0. The topological polar surface area (TPSA) is 109 Å². The fraction of sp³-hybridized carbons (Fsp3) is 0. The first-order valence-corrected chi connectivity index (χ1v) is 2.35. The van der Waals surface area contributed by atoms with Crippen molar-refractivity contribution in [1.29, 1.82) is 0 Å². The van der Waals surface area contributed by atoms with Gasteiger partial charge >= 0.3 is 7.82 Å². The quantitative estimate of drug-likeness (QED) is 0.337. The zero-order valence-corrected chi connectivity index (χ0v) is 8.33. The molecule has 0 aliphatic carbocycles. The van der Waals surface area contributed by atoms with E-state index in [1.54, 1.807) is 0 Å². The third-order valence-electron chi connectivity index (χ3n) is 0. The van der Waals surface area contributed by atoms with Gasteiger partial charge in [-0.2, -0.15) is 0 Å². The second-order valence-corrected chi connectivity index (χ2v) is 1.54. The SMILES string of the molecule is O.O=P(O)(O)O.[Cd]. The van der Waals surface area contributed by atoms with Gasteiger partial charge in [-0.15, -0.1) is 0 Å². The van der Waals surface area contributed by atoms with Crippen LogP contribution in [0.3, 0.4) is 0 Å². The molecule has 0 aromatic carbocycles. The summed E-state index contributed by atoms with van der Waals surface area (Å²) in [5, 5.41) is 0. The van der Waals surface area contributed by atoms with Gasteiger partial charge in [0.15, 0.2) is 0 Å². The van der Waals surface area contributed by atoms with Crippen LogP contribution in [0.2, 0.25) is 0 Å². The summed E-state index contributed by atoms with van der Waals surface area (Å²) in [7, 11) is -4.64. The van der Waals surface area contributed by atoms with Gasteiger partial charge in [-0.3, -0.25) is 0 Å². The van der Waals surface area contributed by atoms with Crippen molar-refractivity contribution in [2.75, 3.05) is 0 Å². The van der Waals surface area contributed by atoms with Gasteiger partial charge in [0.25, 0.3) is 0 Å². The van der Waals surface area contributed by atoms with Crippen LogP contribution in [0.1, 0.15) is 0 Å². The first-order chi connectivity index (χ1) is 2.00. The molecule has 0 saturated heterocycles. The maximum atomic E-state index is 8.88. The number of hydrogen-bond donors (Lipinski definition) is 3. The Morgan fingerprint density at radius 1 is 1.14 bits per heavy atom. The summed E-state index contributed by atoms with van der Waals surface area (Å²) in [4.78, 5) is 21.6. The Morgan fingerprint density at radius 3 is 1.14 bits per heavy atom. The van der Waals surface area contributed by atoms with Crippen LogP contribution >= 0.6 is 7.82 Å². The van der Waals surface area contributed by atoms with Crippen LogP contribution in [0.25, 0.3) is 0 Å². The summed E-state index contributed by atoms with van der Waals surface area (Å²) in [5.74, 6) is 0. The van der Waals surface area contributed by atoms with E-state index in [1.165, 1.54) is 0 Å². The molecule has 0 fully saturated rings. The molecule has 0 aliphatic heterocycles. The predicted molar refractivity (Wildman–Crippen MR) is 17.9 cm³/mol. The molecule has 7 heteroatoms. The minimum atomic E-state index is -4.64. The van der Waals surface area contributed by atoms with E-state index in [0.717, 1.165) is 0 Å². The molecule has 0 spiro atoms. The molecule has 0 radical (unpaired) electrons. The summed E-state index contributed by atoms with van der Waals surface area (Å²) in [6.07, 6.45) is 0. The van der Waals surface area contributed by atoms with Crippen molar-refractivity contribution in [3.63, 3.8) is 0 Å². The van der Waals surface area contributed by atoms with E-state index in [2.05, 4.69) is 0 Å². The van der Waals surface area contributed by atoms with Gasteiger partial charge in [0, 0.05) is 27.3 Å². The molecular formula is H5CdO5P. The third kappa shape index (κ3) is 177. The van der Waals surface area contributed by atoms with E-state index < -0.39 is 7.82 Å². The standard InChI is InChI=1S/Cd.H3O4P.H2O/c;1-5(2,3)4;/h;(H3,1,2,3,4);1H2. The monoisotopic (exact) mass is 230 g/mol. The largest absolute Gasteiger partial charge is 0.466 e. The molecule has 0 unspecified atom stereocenters. The van der Waals surface area contributed by atoms with E-state index in [9.17, 15) is 0 Å². The first kappa shape index (κ1) is 15.7. The van der Waals surface area contributed by atoms with Gasteiger partial charge in [-0.1, -0.05) is 0 Å². The van der Waals surface area contributed by atoms with Gasteiger partial charge in [-0.05, 0) is 0 Å². The molecule has 0 bridgehead atoms. The molecule has 0 aliphatic rings. The summed E-state index contributed by atoms with van der Waals surface area (Å²) in [6, 6.07) is 0. The van der Waals surface area contributed by atoms with E-state index in [1.807, 2.05) is 0 Å². The Morgan fingerprint density at radius 2 is 1.14 bits per heavy atom. The molecule has 42 valence electrons. The van der Waals surface area contributed by atoms with E-state index in [4.69, 9.17) is 19.2 Å². The van der Waals surface area contributed by atoms with Gasteiger partial charge in [-0.25, -0.2) is 4.57 Å². The third-order valence-corrected chi connectivity index (χ3v) is 0. The molecule has 0 aromatic heterocycles. The number of hydrogen-bond acceptors (Lipinski definition) is 1. The van der Waals surface area contributed by atoms with Crippen molar-refractivity contribution in [3.8, 4) is 0 Å². The molecule has 0 rings (SSSR count). The van der Waals surface area contributed by atoms with E-state index in [0.29, 0.717) is 0 Å². The smallest absolute Gasteiger partial charge is 0.412 e. The van der Waals surface area contributed by atoms with Crippen LogP contribution in [-0.4, -0.2) is 20.2 Å². The van der Waals surface area contributed by atoms with Crippen LogP contribution in [0.5, 0.6) is 0 Å². The normalized spacial score (nSPS) is 8.43. The van der Waals surface area contributed by atoms with Gasteiger partial charge in [0.2, 0.25) is 0 Å². The molecular weight excluding hydrogens is 223 g/mol. The minimum Gasteiger partial charge on any atom is -0.412 e. The van der Waals surface area contributed by atoms with Crippen molar-refractivity contribution < 1.29 is 52.0 Å². The summed E-state index contributed by atoms with van der Waals surface area (Å²) < 4.78 is 8.88. The maximum Gasteiger partial charge on any atom is 0.466 e. The predicted octanol–water partition coefficient (Wildman–Crippen LogP) is -1.76. The van der Waals surface area contributed by atoms with Crippen LogP contribution in [-0.2, 0) is 31.9 Å². The van der Waals surface area contributed by atoms with Crippen molar-refractivity contribution in [1.82, 2.24) is 0 Å². The van der Waals surface area contributed by atoms with Crippen LogP contribution in [0, 0.1) is 0 Å². The van der Waals surface area contributed by atoms with Gasteiger partial charge in [0.05, 0.1) is 0 Å². The zero-order valence-electron chi connectivity index (χ0n) is 3.40. The van der Waals surface area contributed by atoms with Crippen LogP contribution in [0.15, 0.2) is 0 Å². The molecule has 0 heterocycles. The molecule has 7 heavy (non-hydrogen) atoms. The Balaban J connectivity index is -0.0000000800. The Labute approximate surface area is 60.1 Å². The Bertz CT molecular complexity index is 54.2. The second kappa shape index (κ2) is 5.14. The second-order valence-electron chi connectivity index (χ2n) is 0.513. The van der Waals surface area contributed by atoms with Gasteiger partial charge in [0.1, 0.15) is 0 Å². The molecule has 0 saturated carbocycles. The molecule has 0 aromatic rings. The van der Waals surface area contributed by atoms with E-state index >= 15 is 0 Å². The maximum absolute atomic E-state index is 8.88. The average molecular weight is 228 g/mol. The molecule has 5 N–H and O–H groups in total. The average Bonchev–Trinajstić information content (AvgIpc) is 0.722. The van der Waals surface area contributed by atoms with Crippen LogP contribution < -0.4 is 0 Å². The first-order valence-electron chi connectivity index (χ1n) is 0.783. The van der Waals surface area contributed by atoms with E-state index in [-0.39, 0.29) is 32.8 Å². The van der Waals surface area contributed by atoms with Crippen molar-refractivity contribution >= 4 is 7.82 Å². The number of phosphoric acid groups is 1. The van der Waals surface area contributed by atoms with Crippen molar-refractivity contribution in [3.05, 3.63) is 0 Å². The molecule has 5 nitrogen and oxygen atoms in total. The zero-order chi connectivity index (χ0) is 4.50. The van der Waals surface area contributed by atoms with Gasteiger partial charge < -0.3 is 20.2 Å². The van der Waals surface area contributed by atoms with Crippen LogP contribution in [0.4, 0.5) is 0 Å². The summed E-state index contributed by atoms with van der Waals surface area (Å²) >= 11 is 0. The summed E-state index contributed by atoms with van der Waals surface area (Å²) in [6.45, 7) is 0. The summed E-state index contributed by atoms with van der Waals surface area (Å²) in [5.41, 5.74) is 0. The Kier molecular flexibility index (Phi) is 11.5. The molecule has 0 amide bonds.